The Morgan fingerprint density at radius 2 is 1.56 bits per heavy atom. The molecule has 0 N–H and O–H groups in total. The lowest BCUT2D eigenvalue weighted by molar-refractivity contribution is 0.0762. The Bertz CT molecular complexity index is 1860. The van der Waals surface area contributed by atoms with Crippen molar-refractivity contribution >= 4 is 32.5 Å². The largest absolute Gasteiger partial charge is 0.478 e. The third kappa shape index (κ3) is 5.32. The van der Waals surface area contributed by atoms with Crippen LogP contribution in [0.5, 0.6) is 5.75 Å². The van der Waals surface area contributed by atoms with Crippen molar-refractivity contribution in [3.05, 3.63) is 137 Å². The zero-order valence-corrected chi connectivity index (χ0v) is 24.6. The Balaban J connectivity index is 1.57. The maximum Gasteiger partial charge on any atom is 0.258 e. The summed E-state index contributed by atoms with van der Waals surface area (Å²) in [4.78, 5) is 20.5. The zero-order chi connectivity index (χ0) is 30.1. The fourth-order valence-corrected chi connectivity index (χ4v) is 6.44. The first-order valence-corrected chi connectivity index (χ1v) is 15.6. The van der Waals surface area contributed by atoms with Gasteiger partial charge < -0.3 is 9.64 Å². The third-order valence-electron chi connectivity index (χ3n) is 7.77. The molecule has 1 aromatic heterocycles. The van der Waals surface area contributed by atoms with E-state index in [0.717, 1.165) is 16.7 Å². The second kappa shape index (κ2) is 11.5. The molecule has 0 atom stereocenters. The monoisotopic (exact) mass is 595 g/mol. The zero-order valence-electron chi connectivity index (χ0n) is 23.8. The van der Waals surface area contributed by atoms with Crippen LogP contribution in [-0.4, -0.2) is 37.0 Å². The molecule has 0 spiro atoms. The minimum Gasteiger partial charge on any atom is -0.478 e. The van der Waals surface area contributed by atoms with Crippen LogP contribution in [0.25, 0.3) is 10.9 Å². The quantitative estimate of drug-likeness (QED) is 0.195. The van der Waals surface area contributed by atoms with E-state index in [2.05, 4.69) is 4.98 Å². The molecular formula is C34H30FN3O4S. The van der Waals surface area contributed by atoms with Gasteiger partial charge in [-0.1, -0.05) is 72.8 Å². The van der Waals surface area contributed by atoms with Crippen LogP contribution in [0.15, 0.2) is 103 Å². The Morgan fingerprint density at radius 1 is 0.930 bits per heavy atom. The van der Waals surface area contributed by atoms with Crippen LogP contribution in [0.3, 0.4) is 0 Å². The van der Waals surface area contributed by atoms with Gasteiger partial charge in [-0.15, -0.1) is 0 Å². The van der Waals surface area contributed by atoms with E-state index in [1.807, 2.05) is 60.7 Å². The third-order valence-corrected chi connectivity index (χ3v) is 9.51. The van der Waals surface area contributed by atoms with Gasteiger partial charge in [0, 0.05) is 37.3 Å². The maximum atomic E-state index is 14.3. The summed E-state index contributed by atoms with van der Waals surface area (Å²) in [6.07, 6.45) is 1.04. The topological polar surface area (TPSA) is 79.8 Å². The van der Waals surface area contributed by atoms with Gasteiger partial charge in [0.05, 0.1) is 17.0 Å². The van der Waals surface area contributed by atoms with Gasteiger partial charge in [0.15, 0.2) is 5.75 Å². The Labute approximate surface area is 250 Å². The van der Waals surface area contributed by atoms with E-state index < -0.39 is 16.1 Å². The maximum absolute atomic E-state index is 14.3. The van der Waals surface area contributed by atoms with Crippen molar-refractivity contribution in [2.24, 2.45) is 0 Å². The number of carbonyl (C=O) groups excluding carboxylic acids is 1. The van der Waals surface area contributed by atoms with Crippen LogP contribution in [0.4, 0.5) is 10.1 Å². The van der Waals surface area contributed by atoms with Crippen molar-refractivity contribution in [2.75, 3.05) is 17.1 Å². The van der Waals surface area contributed by atoms with Crippen LogP contribution in [0, 0.1) is 5.82 Å². The summed E-state index contributed by atoms with van der Waals surface area (Å²) in [5, 5.41) is 0.562. The predicted octanol–water partition coefficient (Wildman–Crippen LogP) is 6.48. The molecule has 0 saturated carbocycles. The number of amides is 1. The summed E-state index contributed by atoms with van der Waals surface area (Å²) < 4.78 is 48.1. The molecule has 43 heavy (non-hydrogen) atoms. The number of fused-ring (bicyclic) bond motifs is 2. The molecule has 0 radical (unpaired) electrons. The lowest BCUT2D eigenvalue weighted by Gasteiger charge is -2.26. The van der Waals surface area contributed by atoms with Crippen molar-refractivity contribution < 1.29 is 22.3 Å². The van der Waals surface area contributed by atoms with Gasteiger partial charge in [-0.2, -0.15) is 0 Å². The molecular weight excluding hydrogens is 565 g/mol. The summed E-state index contributed by atoms with van der Waals surface area (Å²) in [5.41, 5.74) is 4.13. The number of rotatable bonds is 9. The molecule has 0 bridgehead atoms. The van der Waals surface area contributed by atoms with Crippen LogP contribution in [0.2, 0.25) is 0 Å². The van der Waals surface area contributed by atoms with Crippen LogP contribution in [-0.2, 0) is 23.1 Å². The molecule has 5 aromatic rings. The van der Waals surface area contributed by atoms with E-state index in [4.69, 9.17) is 4.74 Å². The first-order valence-electron chi connectivity index (χ1n) is 14.0. The molecule has 1 amide bonds. The molecule has 0 aliphatic carbocycles. The molecule has 218 valence electrons. The number of nitrogens with zero attached hydrogens (tertiary/aromatic N) is 3. The predicted molar refractivity (Wildman–Crippen MR) is 165 cm³/mol. The summed E-state index contributed by atoms with van der Waals surface area (Å²) in [6, 6.07) is 29.0. The fourth-order valence-electron chi connectivity index (χ4n) is 5.56. The van der Waals surface area contributed by atoms with E-state index in [-0.39, 0.29) is 36.1 Å². The Hall–Kier alpha value is -4.76. The standard InChI is InChI=1S/C34H30FN3O4S/c1-3-43(40,41)37(2)31-27-15-10-20-36-30(27)33(42-32(24-11-6-4-7-12-24)25-13-8-5-9-14-25)29-28(31)22-38(34(29)39)21-23-16-18-26(35)19-17-23/h4-20,32H,3,21-22H2,1-2H3. The first-order chi connectivity index (χ1) is 20.8. The minimum atomic E-state index is -3.69. The SMILES string of the molecule is CCS(=O)(=O)N(C)c1c2c(c(OC(c3ccccc3)c3ccccc3)c3ncccc13)C(=O)N(Cc1ccc(F)cc1)C2. The van der Waals surface area contributed by atoms with E-state index in [0.29, 0.717) is 27.9 Å². The number of hydrogen-bond acceptors (Lipinski definition) is 5. The number of sulfonamides is 1. The van der Waals surface area contributed by atoms with Crippen LogP contribution in [0.1, 0.15) is 45.6 Å². The number of hydrogen-bond donors (Lipinski definition) is 0. The Kier molecular flexibility index (Phi) is 7.58. The van der Waals surface area contributed by atoms with Crippen LogP contribution < -0.4 is 9.04 Å². The number of ether oxygens (including phenoxy) is 1. The van der Waals surface area contributed by atoms with Gasteiger partial charge in [0.2, 0.25) is 10.0 Å². The van der Waals surface area contributed by atoms with Crippen molar-refractivity contribution in [3.8, 4) is 5.75 Å². The minimum absolute atomic E-state index is 0.115. The fraction of sp³-hybridized carbons (Fsp3) is 0.176. The van der Waals surface area contributed by atoms with Gasteiger partial charge in [0.1, 0.15) is 17.4 Å². The van der Waals surface area contributed by atoms with Gasteiger partial charge in [-0.25, -0.2) is 12.8 Å². The van der Waals surface area contributed by atoms with Gasteiger partial charge in [-0.05, 0) is 47.9 Å². The average Bonchev–Trinajstić information content (AvgIpc) is 3.35. The summed E-state index contributed by atoms with van der Waals surface area (Å²) in [7, 11) is -2.19. The van der Waals surface area contributed by atoms with Crippen molar-refractivity contribution in [1.29, 1.82) is 0 Å². The summed E-state index contributed by atoms with van der Waals surface area (Å²) >= 11 is 0. The normalized spacial score (nSPS) is 13.0. The van der Waals surface area contributed by atoms with Gasteiger partial charge >= 0.3 is 0 Å². The number of benzene rings is 4. The highest BCUT2D eigenvalue weighted by Gasteiger charge is 2.39. The molecule has 4 aromatic carbocycles. The van der Waals surface area contributed by atoms with Crippen molar-refractivity contribution in [1.82, 2.24) is 9.88 Å². The lowest BCUT2D eigenvalue weighted by atomic mass is 9.99. The highest BCUT2D eigenvalue weighted by Crippen LogP contribution is 2.47. The molecule has 0 fully saturated rings. The summed E-state index contributed by atoms with van der Waals surface area (Å²) in [5.74, 6) is -0.504. The molecule has 6 rings (SSSR count). The molecule has 1 aliphatic rings. The van der Waals surface area contributed by atoms with E-state index in [1.165, 1.54) is 23.5 Å². The number of pyridine rings is 1. The Morgan fingerprint density at radius 3 is 2.16 bits per heavy atom. The molecule has 2 heterocycles. The molecule has 9 heteroatoms. The smallest absolute Gasteiger partial charge is 0.258 e. The van der Waals surface area contributed by atoms with Crippen molar-refractivity contribution in [3.63, 3.8) is 0 Å². The first kappa shape index (κ1) is 28.4. The lowest BCUT2D eigenvalue weighted by Crippen LogP contribution is -2.29. The average molecular weight is 596 g/mol. The summed E-state index contributed by atoms with van der Waals surface area (Å²) in [6.45, 7) is 1.94. The molecule has 7 nitrogen and oxygen atoms in total. The molecule has 0 saturated heterocycles. The second-order valence-corrected chi connectivity index (χ2v) is 12.7. The second-order valence-electron chi connectivity index (χ2n) is 10.4. The van der Waals surface area contributed by atoms with Crippen molar-refractivity contribution in [2.45, 2.75) is 26.1 Å². The van der Waals surface area contributed by atoms with E-state index in [1.54, 1.807) is 42.3 Å². The number of carbonyl (C=O) groups is 1. The molecule has 1 aliphatic heterocycles. The van der Waals surface area contributed by atoms with E-state index >= 15 is 0 Å². The van der Waals surface area contributed by atoms with E-state index in [9.17, 15) is 17.6 Å². The highest BCUT2D eigenvalue weighted by molar-refractivity contribution is 7.92. The highest BCUT2D eigenvalue weighted by atomic mass is 32.2. The molecule has 0 unspecified atom stereocenters. The number of anilines is 1. The number of halogens is 1. The van der Waals surface area contributed by atoms with Gasteiger partial charge in [0.25, 0.3) is 5.91 Å². The van der Waals surface area contributed by atoms with Gasteiger partial charge in [-0.3, -0.25) is 14.1 Å². The van der Waals surface area contributed by atoms with Crippen LogP contribution >= 0.6 is 0 Å². The number of aromatic nitrogens is 1.